The molecule has 5 heteroatoms. The summed E-state index contributed by atoms with van der Waals surface area (Å²) in [5.41, 5.74) is 5.78. The molecule has 1 aromatic rings. The molecule has 54 valence electrons. The van der Waals surface area contributed by atoms with E-state index in [2.05, 4.69) is 0 Å². The zero-order valence-corrected chi connectivity index (χ0v) is 8.93. The molecule has 11 heavy (non-hydrogen) atoms. The standard InChI is InChI=1S/C6H7NO2S.Na/c7-5-2-1-3-6(4-5)10(8)9;/h1-4H,7H2,(H,8,9);/q;+1/p-1. The zero-order valence-electron chi connectivity index (χ0n) is 6.11. The van der Waals surface area contributed by atoms with E-state index in [1.807, 2.05) is 0 Å². The van der Waals surface area contributed by atoms with E-state index in [4.69, 9.17) is 5.73 Å². The summed E-state index contributed by atoms with van der Waals surface area (Å²) in [6, 6.07) is 6.12. The van der Waals surface area contributed by atoms with E-state index in [1.54, 1.807) is 12.1 Å². The van der Waals surface area contributed by atoms with Crippen molar-refractivity contribution >= 4 is 16.8 Å². The summed E-state index contributed by atoms with van der Waals surface area (Å²) in [4.78, 5) is 0.222. The fourth-order valence-electron chi connectivity index (χ4n) is 0.618. The Bertz CT molecular complexity index is 267. The van der Waals surface area contributed by atoms with Gasteiger partial charge in [0.2, 0.25) is 0 Å². The van der Waals surface area contributed by atoms with Gasteiger partial charge in [0.25, 0.3) is 0 Å². The Balaban J connectivity index is 0.000001000. The van der Waals surface area contributed by atoms with Crippen LogP contribution in [0.5, 0.6) is 0 Å². The number of rotatable bonds is 1. The third kappa shape index (κ3) is 3.35. The summed E-state index contributed by atoms with van der Waals surface area (Å²) < 4.78 is 20.6. The molecule has 1 rings (SSSR count). The van der Waals surface area contributed by atoms with Crippen LogP contribution in [0.2, 0.25) is 0 Å². The second-order valence-corrected chi connectivity index (χ2v) is 2.75. The maximum Gasteiger partial charge on any atom is 1.00 e. The van der Waals surface area contributed by atoms with Gasteiger partial charge in [0.15, 0.2) is 0 Å². The summed E-state index contributed by atoms with van der Waals surface area (Å²) in [6.07, 6.45) is 0. The second-order valence-electron chi connectivity index (χ2n) is 1.81. The van der Waals surface area contributed by atoms with Crippen molar-refractivity contribution in [2.75, 3.05) is 5.73 Å². The Hall–Kier alpha value is 0.130. The van der Waals surface area contributed by atoms with Gasteiger partial charge >= 0.3 is 29.6 Å². The Kier molecular flexibility index (Phi) is 4.96. The van der Waals surface area contributed by atoms with Gasteiger partial charge in [-0.05, 0) is 29.3 Å². The molecule has 0 spiro atoms. The Morgan fingerprint density at radius 2 is 2.09 bits per heavy atom. The van der Waals surface area contributed by atoms with Gasteiger partial charge in [0, 0.05) is 10.6 Å². The van der Waals surface area contributed by atoms with E-state index in [-0.39, 0.29) is 34.5 Å². The molecule has 0 saturated heterocycles. The van der Waals surface area contributed by atoms with E-state index in [0.29, 0.717) is 5.69 Å². The average Bonchev–Trinajstić information content (AvgIpc) is 1.88. The van der Waals surface area contributed by atoms with Crippen LogP contribution in [-0.2, 0) is 11.1 Å². The van der Waals surface area contributed by atoms with E-state index < -0.39 is 11.1 Å². The molecule has 3 nitrogen and oxygen atoms in total. The molecule has 1 unspecified atom stereocenters. The largest absolute Gasteiger partial charge is 1.00 e. The molecule has 0 heterocycles. The second kappa shape index (κ2) is 4.90. The molecule has 0 aliphatic rings. The van der Waals surface area contributed by atoms with Crippen LogP contribution in [0.15, 0.2) is 29.2 Å². The quantitative estimate of drug-likeness (QED) is 0.295. The van der Waals surface area contributed by atoms with E-state index in [1.165, 1.54) is 12.1 Å². The fraction of sp³-hybridized carbons (Fsp3) is 0. The predicted octanol–water partition coefficient (Wildman–Crippen LogP) is -2.49. The van der Waals surface area contributed by atoms with Crippen LogP contribution in [0.3, 0.4) is 0 Å². The van der Waals surface area contributed by atoms with Crippen molar-refractivity contribution in [3.8, 4) is 0 Å². The SMILES string of the molecule is Nc1cccc(S(=O)[O-])c1.[Na+]. The molecule has 0 aromatic heterocycles. The van der Waals surface area contributed by atoms with E-state index in [0.717, 1.165) is 0 Å². The van der Waals surface area contributed by atoms with E-state index in [9.17, 15) is 8.76 Å². The fourth-order valence-corrected chi connectivity index (χ4v) is 1.04. The minimum Gasteiger partial charge on any atom is -0.768 e. The molecule has 0 fully saturated rings. The first-order valence-electron chi connectivity index (χ1n) is 2.65. The van der Waals surface area contributed by atoms with Gasteiger partial charge in [-0.25, -0.2) is 0 Å². The first kappa shape index (κ1) is 11.1. The van der Waals surface area contributed by atoms with Crippen molar-refractivity contribution in [1.29, 1.82) is 0 Å². The summed E-state index contributed by atoms with van der Waals surface area (Å²) in [6.45, 7) is 0. The Morgan fingerprint density at radius 1 is 1.45 bits per heavy atom. The molecule has 0 aliphatic heterocycles. The van der Waals surface area contributed by atoms with Gasteiger partial charge < -0.3 is 10.3 Å². The van der Waals surface area contributed by atoms with Crippen LogP contribution in [0.4, 0.5) is 5.69 Å². The summed E-state index contributed by atoms with van der Waals surface area (Å²) in [7, 11) is 0. The van der Waals surface area contributed by atoms with Crippen LogP contribution in [0, 0.1) is 0 Å². The van der Waals surface area contributed by atoms with Crippen molar-refractivity contribution in [3.63, 3.8) is 0 Å². The first-order valence-corrected chi connectivity index (χ1v) is 3.72. The minimum absolute atomic E-state index is 0. The molecule has 2 N–H and O–H groups in total. The van der Waals surface area contributed by atoms with Gasteiger partial charge in [-0.2, -0.15) is 0 Å². The van der Waals surface area contributed by atoms with Gasteiger partial charge in [-0.1, -0.05) is 6.07 Å². The molecule has 0 radical (unpaired) electrons. The van der Waals surface area contributed by atoms with Gasteiger partial charge in [-0.3, -0.25) is 4.21 Å². The van der Waals surface area contributed by atoms with Crippen molar-refractivity contribution in [2.45, 2.75) is 4.90 Å². The zero-order chi connectivity index (χ0) is 7.56. The van der Waals surface area contributed by atoms with Gasteiger partial charge in [-0.15, -0.1) is 0 Å². The molecule has 1 atom stereocenters. The van der Waals surface area contributed by atoms with Crippen molar-refractivity contribution in [1.82, 2.24) is 0 Å². The van der Waals surface area contributed by atoms with Gasteiger partial charge in [0.05, 0.1) is 0 Å². The topological polar surface area (TPSA) is 66.2 Å². The van der Waals surface area contributed by atoms with Crippen LogP contribution in [0.25, 0.3) is 0 Å². The molecular formula is C6H6NNaO2S. The summed E-state index contributed by atoms with van der Waals surface area (Å²) in [5, 5.41) is 0. The van der Waals surface area contributed by atoms with Crippen molar-refractivity contribution in [3.05, 3.63) is 24.3 Å². The molecule has 0 amide bonds. The smallest absolute Gasteiger partial charge is 0.768 e. The van der Waals surface area contributed by atoms with Crippen LogP contribution < -0.4 is 35.3 Å². The molecule has 1 aromatic carbocycles. The number of hydrogen-bond donors (Lipinski definition) is 1. The minimum atomic E-state index is -2.17. The maximum absolute atomic E-state index is 10.3. The molecule has 0 saturated carbocycles. The molecule has 0 bridgehead atoms. The normalized spacial score (nSPS) is 11.7. The number of anilines is 1. The van der Waals surface area contributed by atoms with Gasteiger partial charge in [0.1, 0.15) is 0 Å². The predicted molar refractivity (Wildman–Crippen MR) is 38.0 cm³/mol. The van der Waals surface area contributed by atoms with Crippen molar-refractivity contribution < 1.29 is 38.3 Å². The Morgan fingerprint density at radius 3 is 2.45 bits per heavy atom. The van der Waals surface area contributed by atoms with Crippen LogP contribution >= 0.6 is 0 Å². The first-order chi connectivity index (χ1) is 4.70. The number of nitrogens with two attached hydrogens (primary N) is 1. The van der Waals surface area contributed by atoms with Crippen LogP contribution in [-0.4, -0.2) is 8.76 Å². The molecule has 0 aliphatic carbocycles. The number of hydrogen-bond acceptors (Lipinski definition) is 3. The summed E-state index contributed by atoms with van der Waals surface area (Å²) in [5.74, 6) is 0. The van der Waals surface area contributed by atoms with Crippen LogP contribution in [0.1, 0.15) is 0 Å². The summed E-state index contributed by atoms with van der Waals surface area (Å²) >= 11 is -2.17. The number of nitrogen functional groups attached to an aromatic ring is 1. The Labute approximate surface area is 89.6 Å². The number of benzene rings is 1. The maximum atomic E-state index is 10.3. The third-order valence-electron chi connectivity index (χ3n) is 1.05. The van der Waals surface area contributed by atoms with Crippen molar-refractivity contribution in [2.24, 2.45) is 0 Å². The third-order valence-corrected chi connectivity index (χ3v) is 1.69. The van der Waals surface area contributed by atoms with E-state index >= 15 is 0 Å². The molecular weight excluding hydrogens is 173 g/mol. The average molecular weight is 179 g/mol. The monoisotopic (exact) mass is 179 g/mol.